The molecule has 0 aromatic heterocycles. The van der Waals surface area contributed by atoms with Crippen molar-refractivity contribution in [3.63, 3.8) is 0 Å². The van der Waals surface area contributed by atoms with E-state index in [1.165, 1.54) is 24.6 Å². The lowest BCUT2D eigenvalue weighted by atomic mass is 10.0. The fourth-order valence-corrected chi connectivity index (χ4v) is 3.90. The normalized spacial score (nSPS) is 12.0. The van der Waals surface area contributed by atoms with Gasteiger partial charge in [-0.2, -0.15) is 0 Å². The van der Waals surface area contributed by atoms with E-state index in [-0.39, 0.29) is 17.5 Å². The zero-order valence-electron chi connectivity index (χ0n) is 16.3. The third kappa shape index (κ3) is 7.64. The quantitative estimate of drug-likeness (QED) is 0.504. The van der Waals surface area contributed by atoms with Crippen LogP contribution in [0.2, 0.25) is 0 Å². The highest BCUT2D eigenvalue weighted by Crippen LogP contribution is 2.22. The second-order valence-corrected chi connectivity index (χ2v) is 7.83. The van der Waals surface area contributed by atoms with Gasteiger partial charge in [-0.15, -0.1) is 0 Å². The minimum absolute atomic E-state index is 0.0391. The van der Waals surface area contributed by atoms with Gasteiger partial charge >= 0.3 is 5.97 Å². The molecule has 1 atom stereocenters. The summed E-state index contributed by atoms with van der Waals surface area (Å²) in [4.78, 5) is 24.3. The zero-order valence-corrected chi connectivity index (χ0v) is 17.1. The summed E-state index contributed by atoms with van der Waals surface area (Å²) in [6, 6.07) is 4.05. The van der Waals surface area contributed by atoms with E-state index in [1.54, 1.807) is 0 Å². The maximum absolute atomic E-state index is 12.4. The molecule has 0 saturated heterocycles. The van der Waals surface area contributed by atoms with Crippen molar-refractivity contribution < 1.29 is 14.3 Å². The standard InChI is InChI=1S/C21H32O3S/c1-6-8-9-18(7-2)14-24-19(22)10-11-25-21(23)20-16(4)12-15(3)13-17(20)5/h12-13,18H,6-11,14H2,1-5H3. The van der Waals surface area contributed by atoms with Crippen LogP contribution in [0.15, 0.2) is 12.1 Å². The molecule has 1 rings (SSSR count). The van der Waals surface area contributed by atoms with Crippen LogP contribution in [0.1, 0.15) is 73.0 Å². The van der Waals surface area contributed by atoms with E-state index in [0.29, 0.717) is 18.3 Å². The molecule has 0 heterocycles. The molecule has 25 heavy (non-hydrogen) atoms. The molecule has 1 aromatic carbocycles. The Morgan fingerprint density at radius 2 is 1.76 bits per heavy atom. The first-order valence-electron chi connectivity index (χ1n) is 9.29. The molecule has 0 spiro atoms. The number of carbonyl (C=O) groups is 2. The maximum atomic E-state index is 12.4. The average Bonchev–Trinajstić information content (AvgIpc) is 2.54. The van der Waals surface area contributed by atoms with E-state index >= 15 is 0 Å². The Labute approximate surface area is 156 Å². The predicted molar refractivity (Wildman–Crippen MR) is 106 cm³/mol. The molecule has 0 radical (unpaired) electrons. The summed E-state index contributed by atoms with van der Waals surface area (Å²) in [7, 11) is 0. The number of carbonyl (C=O) groups excluding carboxylic acids is 2. The molecule has 0 aliphatic heterocycles. The molecule has 0 amide bonds. The summed E-state index contributed by atoms with van der Waals surface area (Å²) in [6.45, 7) is 10.8. The highest BCUT2D eigenvalue weighted by molar-refractivity contribution is 8.14. The molecule has 0 saturated carbocycles. The second-order valence-electron chi connectivity index (χ2n) is 6.76. The molecule has 3 nitrogen and oxygen atoms in total. The third-order valence-corrected chi connectivity index (χ3v) is 5.32. The molecular weight excluding hydrogens is 332 g/mol. The van der Waals surface area contributed by atoms with E-state index in [1.807, 2.05) is 32.9 Å². The molecular formula is C21H32O3S. The van der Waals surface area contributed by atoms with Gasteiger partial charge in [0.05, 0.1) is 13.0 Å². The van der Waals surface area contributed by atoms with E-state index in [9.17, 15) is 9.59 Å². The second kappa shape index (κ2) is 11.3. The molecule has 1 aromatic rings. The number of hydrogen-bond donors (Lipinski definition) is 0. The molecule has 140 valence electrons. The summed E-state index contributed by atoms with van der Waals surface area (Å²) in [5, 5.41) is 0.0391. The van der Waals surface area contributed by atoms with Crippen LogP contribution in [-0.2, 0) is 9.53 Å². The van der Waals surface area contributed by atoms with Gasteiger partial charge in [0.25, 0.3) is 0 Å². The highest BCUT2D eigenvalue weighted by atomic mass is 32.2. The van der Waals surface area contributed by atoms with Crippen molar-refractivity contribution in [3.05, 3.63) is 34.4 Å². The van der Waals surface area contributed by atoms with Crippen LogP contribution in [-0.4, -0.2) is 23.4 Å². The third-order valence-electron chi connectivity index (χ3n) is 4.44. The molecule has 1 unspecified atom stereocenters. The Morgan fingerprint density at radius 1 is 1.12 bits per heavy atom. The SMILES string of the molecule is CCCCC(CC)COC(=O)CCSC(=O)c1c(C)cc(C)cc1C. The number of hydrogen-bond acceptors (Lipinski definition) is 4. The first kappa shape index (κ1) is 21.8. The van der Waals surface area contributed by atoms with Crippen LogP contribution in [0, 0.1) is 26.7 Å². The number of esters is 1. The van der Waals surface area contributed by atoms with Crippen LogP contribution >= 0.6 is 11.8 Å². The summed E-state index contributed by atoms with van der Waals surface area (Å²) in [5.41, 5.74) is 3.93. The highest BCUT2D eigenvalue weighted by Gasteiger charge is 2.15. The Bertz CT molecular complexity index is 557. The van der Waals surface area contributed by atoms with Gasteiger partial charge in [-0.3, -0.25) is 9.59 Å². The van der Waals surface area contributed by atoms with Crippen molar-refractivity contribution in [2.24, 2.45) is 5.92 Å². The number of aryl methyl sites for hydroxylation is 3. The van der Waals surface area contributed by atoms with Crippen LogP contribution in [0.25, 0.3) is 0 Å². The first-order chi connectivity index (χ1) is 11.9. The Hall–Kier alpha value is -1.29. The van der Waals surface area contributed by atoms with Gasteiger partial charge in [0.2, 0.25) is 5.12 Å². The lowest BCUT2D eigenvalue weighted by molar-refractivity contribution is -0.144. The van der Waals surface area contributed by atoms with Crippen LogP contribution in [0.4, 0.5) is 0 Å². The van der Waals surface area contributed by atoms with Crippen molar-refractivity contribution in [1.29, 1.82) is 0 Å². The van der Waals surface area contributed by atoms with Crippen LogP contribution in [0.3, 0.4) is 0 Å². The minimum atomic E-state index is -0.201. The maximum Gasteiger partial charge on any atom is 0.306 e. The monoisotopic (exact) mass is 364 g/mol. The van der Waals surface area contributed by atoms with Gasteiger partial charge in [0, 0.05) is 11.3 Å². The lowest BCUT2D eigenvalue weighted by Crippen LogP contribution is -2.14. The van der Waals surface area contributed by atoms with Crippen LogP contribution in [0.5, 0.6) is 0 Å². The van der Waals surface area contributed by atoms with Crippen molar-refractivity contribution in [2.75, 3.05) is 12.4 Å². The molecule has 4 heteroatoms. The number of thioether (sulfide) groups is 1. The molecule has 0 bridgehead atoms. The van der Waals surface area contributed by atoms with E-state index in [4.69, 9.17) is 4.74 Å². The van der Waals surface area contributed by atoms with Crippen molar-refractivity contribution in [1.82, 2.24) is 0 Å². The molecule has 0 fully saturated rings. The Morgan fingerprint density at radius 3 is 2.32 bits per heavy atom. The Balaban J connectivity index is 2.39. The fraction of sp³-hybridized carbons (Fsp3) is 0.619. The average molecular weight is 365 g/mol. The predicted octanol–water partition coefficient (Wildman–Crippen LogP) is 5.63. The number of ether oxygens (including phenoxy) is 1. The van der Waals surface area contributed by atoms with Crippen molar-refractivity contribution >= 4 is 22.8 Å². The first-order valence-corrected chi connectivity index (χ1v) is 10.3. The molecule has 0 aliphatic carbocycles. The number of benzene rings is 1. The number of rotatable bonds is 10. The van der Waals surface area contributed by atoms with E-state index in [2.05, 4.69) is 13.8 Å². The smallest absolute Gasteiger partial charge is 0.306 e. The largest absolute Gasteiger partial charge is 0.465 e. The van der Waals surface area contributed by atoms with Gasteiger partial charge in [-0.05, 0) is 44.2 Å². The van der Waals surface area contributed by atoms with Gasteiger partial charge in [0.15, 0.2) is 0 Å². The summed E-state index contributed by atoms with van der Waals surface area (Å²) in [6.07, 6.45) is 4.77. The van der Waals surface area contributed by atoms with Crippen molar-refractivity contribution in [2.45, 2.75) is 66.7 Å². The molecule has 0 aliphatic rings. The topological polar surface area (TPSA) is 43.4 Å². The minimum Gasteiger partial charge on any atom is -0.465 e. The molecule has 0 N–H and O–H groups in total. The fourth-order valence-electron chi connectivity index (χ4n) is 2.98. The summed E-state index contributed by atoms with van der Waals surface area (Å²) in [5.74, 6) is 0.722. The van der Waals surface area contributed by atoms with Crippen LogP contribution < -0.4 is 0 Å². The van der Waals surface area contributed by atoms with Gasteiger partial charge in [-0.25, -0.2) is 0 Å². The van der Waals surface area contributed by atoms with E-state index < -0.39 is 0 Å². The summed E-state index contributed by atoms with van der Waals surface area (Å²) >= 11 is 1.21. The van der Waals surface area contributed by atoms with Gasteiger partial charge in [-0.1, -0.05) is 62.6 Å². The van der Waals surface area contributed by atoms with Crippen molar-refractivity contribution in [3.8, 4) is 0 Å². The Kier molecular flexibility index (Phi) is 9.88. The van der Waals surface area contributed by atoms with Gasteiger partial charge in [0.1, 0.15) is 0 Å². The number of unbranched alkanes of at least 4 members (excludes halogenated alkanes) is 1. The summed E-state index contributed by atoms with van der Waals surface area (Å²) < 4.78 is 5.38. The zero-order chi connectivity index (χ0) is 18.8. The van der Waals surface area contributed by atoms with Gasteiger partial charge < -0.3 is 4.74 Å². The van der Waals surface area contributed by atoms with E-state index in [0.717, 1.165) is 35.1 Å². The lowest BCUT2D eigenvalue weighted by Gasteiger charge is -2.14.